The Kier molecular flexibility index (Phi) is 6.87. The highest BCUT2D eigenvalue weighted by Crippen LogP contribution is 2.25. The predicted octanol–water partition coefficient (Wildman–Crippen LogP) is 2.27. The van der Waals surface area contributed by atoms with Gasteiger partial charge in [0.25, 0.3) is 0 Å². The monoisotopic (exact) mass is 368 g/mol. The van der Waals surface area contributed by atoms with Crippen LogP contribution in [0.1, 0.15) is 19.8 Å². The van der Waals surface area contributed by atoms with Crippen LogP contribution in [0.4, 0.5) is 10.1 Å². The number of hydrogen-bond acceptors (Lipinski definition) is 4. The summed E-state index contributed by atoms with van der Waals surface area (Å²) in [7, 11) is -3.92. The third-order valence-electron chi connectivity index (χ3n) is 2.41. The summed E-state index contributed by atoms with van der Waals surface area (Å²) in [5.74, 6) is -0.853. The molecule has 0 saturated carbocycles. The van der Waals surface area contributed by atoms with Gasteiger partial charge in [-0.2, -0.15) is 0 Å². The summed E-state index contributed by atoms with van der Waals surface area (Å²) in [5, 5.41) is 0. The summed E-state index contributed by atoms with van der Waals surface area (Å²) in [6, 6.07) is 2.41. The molecule has 0 heterocycles. The number of anilines is 1. The van der Waals surface area contributed by atoms with Crippen molar-refractivity contribution >= 4 is 31.6 Å². The molecule has 0 bridgehead atoms. The molecule has 0 aliphatic carbocycles. The first-order valence-electron chi connectivity index (χ1n) is 6.20. The molecule has 3 N–H and O–H groups in total. The number of rotatable bonds is 8. The maximum atomic E-state index is 13.8. The minimum absolute atomic E-state index is 0.0177. The highest BCUT2D eigenvalue weighted by molar-refractivity contribution is 9.10. The van der Waals surface area contributed by atoms with Crippen molar-refractivity contribution in [3.05, 3.63) is 22.4 Å². The largest absolute Gasteiger partial charge is 0.399 e. The zero-order valence-corrected chi connectivity index (χ0v) is 13.6. The van der Waals surface area contributed by atoms with Crippen LogP contribution >= 0.6 is 15.9 Å². The SMILES string of the molecule is CCCOCCCNS(=O)(=O)c1cc(N)cc(Br)c1F. The van der Waals surface area contributed by atoms with Crippen molar-refractivity contribution in [2.45, 2.75) is 24.7 Å². The third kappa shape index (κ3) is 5.01. The molecule has 1 aromatic carbocycles. The van der Waals surface area contributed by atoms with Gasteiger partial charge in [0.15, 0.2) is 5.82 Å². The summed E-state index contributed by atoms with van der Waals surface area (Å²) in [6.07, 6.45) is 1.43. The Morgan fingerprint density at radius 1 is 1.40 bits per heavy atom. The van der Waals surface area contributed by atoms with Gasteiger partial charge in [0, 0.05) is 25.4 Å². The zero-order valence-electron chi connectivity index (χ0n) is 11.2. The maximum Gasteiger partial charge on any atom is 0.243 e. The first-order valence-corrected chi connectivity index (χ1v) is 8.48. The van der Waals surface area contributed by atoms with Crippen molar-refractivity contribution in [3.8, 4) is 0 Å². The van der Waals surface area contributed by atoms with Crippen LogP contribution in [0, 0.1) is 5.82 Å². The van der Waals surface area contributed by atoms with E-state index in [0.717, 1.165) is 12.5 Å². The summed E-state index contributed by atoms with van der Waals surface area (Å²) < 4.78 is 45.3. The van der Waals surface area contributed by atoms with Crippen LogP contribution in [-0.2, 0) is 14.8 Å². The van der Waals surface area contributed by atoms with Crippen LogP contribution in [0.2, 0.25) is 0 Å². The predicted molar refractivity (Wildman–Crippen MR) is 79.4 cm³/mol. The molecule has 20 heavy (non-hydrogen) atoms. The average Bonchev–Trinajstić information content (AvgIpc) is 2.37. The topological polar surface area (TPSA) is 81.4 Å². The van der Waals surface area contributed by atoms with Crippen LogP contribution in [0.15, 0.2) is 21.5 Å². The molecule has 0 aromatic heterocycles. The Balaban J connectivity index is 2.65. The summed E-state index contributed by atoms with van der Waals surface area (Å²) >= 11 is 2.93. The minimum atomic E-state index is -3.92. The number of ether oxygens (including phenoxy) is 1. The number of benzene rings is 1. The Morgan fingerprint density at radius 2 is 2.10 bits per heavy atom. The van der Waals surface area contributed by atoms with Gasteiger partial charge in [-0.1, -0.05) is 6.92 Å². The smallest absolute Gasteiger partial charge is 0.243 e. The fourth-order valence-electron chi connectivity index (χ4n) is 1.48. The molecule has 0 radical (unpaired) electrons. The van der Waals surface area contributed by atoms with Gasteiger partial charge in [-0.15, -0.1) is 0 Å². The lowest BCUT2D eigenvalue weighted by atomic mass is 10.3. The summed E-state index contributed by atoms with van der Waals surface area (Å²) in [6.45, 7) is 3.27. The van der Waals surface area contributed by atoms with Gasteiger partial charge < -0.3 is 10.5 Å². The van der Waals surface area contributed by atoms with Gasteiger partial charge in [0.1, 0.15) is 4.90 Å². The molecule has 0 spiro atoms. The maximum absolute atomic E-state index is 13.8. The number of sulfonamides is 1. The van der Waals surface area contributed by atoms with Gasteiger partial charge in [0.2, 0.25) is 10.0 Å². The first-order chi connectivity index (χ1) is 9.38. The second-order valence-corrected chi connectivity index (χ2v) is 6.77. The van der Waals surface area contributed by atoms with Crippen molar-refractivity contribution in [1.82, 2.24) is 4.72 Å². The van der Waals surface area contributed by atoms with Crippen molar-refractivity contribution in [1.29, 1.82) is 0 Å². The van der Waals surface area contributed by atoms with Crippen LogP contribution < -0.4 is 10.5 Å². The molecule has 5 nitrogen and oxygen atoms in total. The molecule has 0 atom stereocenters. The summed E-state index contributed by atoms with van der Waals surface area (Å²) in [4.78, 5) is -0.459. The molecule has 0 saturated heterocycles. The third-order valence-corrected chi connectivity index (χ3v) is 4.45. The van der Waals surface area contributed by atoms with Gasteiger partial charge in [-0.25, -0.2) is 17.5 Å². The number of nitrogens with two attached hydrogens (primary N) is 1. The molecule has 0 aliphatic rings. The molecule has 0 fully saturated rings. The molecule has 1 rings (SSSR count). The Bertz CT molecular complexity index is 552. The van der Waals surface area contributed by atoms with E-state index in [2.05, 4.69) is 20.7 Å². The number of nitrogen functional groups attached to an aromatic ring is 1. The standard InChI is InChI=1S/C12H18BrFN2O3S/c1-2-5-19-6-3-4-16-20(17,18)11-8-9(15)7-10(13)12(11)14/h7-8,16H,2-6,15H2,1H3. The molecule has 0 aliphatic heterocycles. The lowest BCUT2D eigenvalue weighted by Crippen LogP contribution is -2.26. The lowest BCUT2D eigenvalue weighted by molar-refractivity contribution is 0.133. The van der Waals surface area contributed by atoms with Crippen molar-refractivity contribution < 1.29 is 17.5 Å². The molecule has 1 aromatic rings. The Hall–Kier alpha value is -0.700. The number of halogens is 2. The molecule has 0 amide bonds. The number of hydrogen-bond donors (Lipinski definition) is 2. The average molecular weight is 369 g/mol. The fourth-order valence-corrected chi connectivity index (χ4v) is 3.30. The van der Waals surface area contributed by atoms with Gasteiger partial charge in [0.05, 0.1) is 4.47 Å². The van der Waals surface area contributed by atoms with Crippen LogP contribution in [0.5, 0.6) is 0 Å². The van der Waals surface area contributed by atoms with Crippen LogP contribution in [-0.4, -0.2) is 28.2 Å². The van der Waals surface area contributed by atoms with Crippen molar-refractivity contribution in [3.63, 3.8) is 0 Å². The van der Waals surface area contributed by atoms with E-state index in [9.17, 15) is 12.8 Å². The Morgan fingerprint density at radius 3 is 2.75 bits per heavy atom. The summed E-state index contributed by atoms with van der Waals surface area (Å²) in [5.41, 5.74) is 5.70. The van der Waals surface area contributed by atoms with E-state index in [1.165, 1.54) is 6.07 Å². The van der Waals surface area contributed by atoms with E-state index in [1.54, 1.807) is 0 Å². The normalized spacial score (nSPS) is 11.8. The lowest BCUT2D eigenvalue weighted by Gasteiger charge is -2.09. The van der Waals surface area contributed by atoms with E-state index in [0.29, 0.717) is 19.6 Å². The van der Waals surface area contributed by atoms with E-state index < -0.39 is 20.7 Å². The van der Waals surface area contributed by atoms with Crippen molar-refractivity contribution in [2.75, 3.05) is 25.5 Å². The highest BCUT2D eigenvalue weighted by atomic mass is 79.9. The minimum Gasteiger partial charge on any atom is -0.399 e. The van der Waals surface area contributed by atoms with Gasteiger partial charge in [-0.05, 0) is 40.9 Å². The number of nitrogens with one attached hydrogen (secondary N) is 1. The molecule has 0 unspecified atom stereocenters. The Labute approximate surface area is 126 Å². The highest BCUT2D eigenvalue weighted by Gasteiger charge is 2.21. The van der Waals surface area contributed by atoms with Gasteiger partial charge >= 0.3 is 0 Å². The van der Waals surface area contributed by atoms with Crippen LogP contribution in [0.3, 0.4) is 0 Å². The second-order valence-electron chi connectivity index (χ2n) is 4.18. The van der Waals surface area contributed by atoms with Crippen LogP contribution in [0.25, 0.3) is 0 Å². The van der Waals surface area contributed by atoms with Crippen molar-refractivity contribution in [2.24, 2.45) is 0 Å². The second kappa shape index (κ2) is 7.92. The van der Waals surface area contributed by atoms with E-state index in [1.807, 2.05) is 6.92 Å². The van der Waals surface area contributed by atoms with E-state index in [-0.39, 0.29) is 16.7 Å². The molecular formula is C12H18BrFN2O3S. The zero-order chi connectivity index (χ0) is 15.2. The van der Waals surface area contributed by atoms with E-state index in [4.69, 9.17) is 10.5 Å². The first kappa shape index (κ1) is 17.4. The molecular weight excluding hydrogens is 351 g/mol. The van der Waals surface area contributed by atoms with Gasteiger partial charge in [-0.3, -0.25) is 0 Å². The quantitative estimate of drug-likeness (QED) is 0.544. The van der Waals surface area contributed by atoms with E-state index >= 15 is 0 Å². The fraction of sp³-hybridized carbons (Fsp3) is 0.500. The molecule has 8 heteroatoms. The molecule has 114 valence electrons.